The third-order valence-electron chi connectivity index (χ3n) is 3.33. The second kappa shape index (κ2) is 8.49. The second-order valence-corrected chi connectivity index (χ2v) is 6.12. The highest BCUT2D eigenvalue weighted by Crippen LogP contribution is 2.28. The van der Waals surface area contributed by atoms with E-state index in [1.165, 1.54) is 12.4 Å². The Morgan fingerprint density at radius 2 is 2.00 bits per heavy atom. The van der Waals surface area contributed by atoms with Gasteiger partial charge in [0, 0.05) is 24.6 Å². The van der Waals surface area contributed by atoms with E-state index in [1.54, 1.807) is 25.3 Å². The molecule has 0 saturated carbocycles. The lowest BCUT2D eigenvalue weighted by Crippen LogP contribution is -2.25. The summed E-state index contributed by atoms with van der Waals surface area (Å²) in [6, 6.07) is 5.28. The van der Waals surface area contributed by atoms with Gasteiger partial charge in [0.2, 0.25) is 5.95 Å². The Morgan fingerprint density at radius 3 is 2.58 bits per heavy atom. The van der Waals surface area contributed by atoms with Gasteiger partial charge in [0.1, 0.15) is 5.75 Å². The minimum absolute atomic E-state index is 0.172. The molecule has 0 fully saturated rings. The molecule has 2 rings (SSSR count). The van der Waals surface area contributed by atoms with E-state index in [2.05, 4.69) is 34.4 Å². The van der Waals surface area contributed by atoms with Crippen molar-refractivity contribution in [3.63, 3.8) is 0 Å². The highest BCUT2D eigenvalue weighted by molar-refractivity contribution is 6.32. The predicted octanol–water partition coefficient (Wildman–Crippen LogP) is 3.66. The minimum Gasteiger partial charge on any atom is -0.495 e. The van der Waals surface area contributed by atoms with Gasteiger partial charge in [0.15, 0.2) is 0 Å². The van der Waals surface area contributed by atoms with Gasteiger partial charge in [-0.15, -0.1) is 0 Å². The second-order valence-electron chi connectivity index (χ2n) is 5.71. The first kappa shape index (κ1) is 18.0. The number of hydrogen-bond acceptors (Lipinski definition) is 5. The fourth-order valence-electron chi connectivity index (χ4n) is 1.96. The SMILES string of the molecule is COc1ccc(Nc2ncc(C(=O)NCCC(C)C)cn2)cc1Cl. The number of rotatable bonds is 7. The number of nitrogens with zero attached hydrogens (tertiary/aromatic N) is 2. The van der Waals surface area contributed by atoms with Gasteiger partial charge in [-0.3, -0.25) is 4.79 Å². The quantitative estimate of drug-likeness (QED) is 0.798. The van der Waals surface area contributed by atoms with Crippen LogP contribution in [0.1, 0.15) is 30.6 Å². The van der Waals surface area contributed by atoms with Crippen molar-refractivity contribution < 1.29 is 9.53 Å². The van der Waals surface area contributed by atoms with Crippen LogP contribution in [0.25, 0.3) is 0 Å². The number of nitrogens with one attached hydrogen (secondary N) is 2. The molecule has 0 bridgehead atoms. The summed E-state index contributed by atoms with van der Waals surface area (Å²) in [7, 11) is 1.56. The van der Waals surface area contributed by atoms with E-state index in [4.69, 9.17) is 16.3 Å². The van der Waals surface area contributed by atoms with Crippen LogP contribution >= 0.6 is 11.6 Å². The van der Waals surface area contributed by atoms with Crippen LogP contribution in [0.15, 0.2) is 30.6 Å². The zero-order valence-corrected chi connectivity index (χ0v) is 14.7. The first-order chi connectivity index (χ1) is 11.5. The van der Waals surface area contributed by atoms with Crippen LogP contribution < -0.4 is 15.4 Å². The van der Waals surface area contributed by atoms with Crippen molar-refractivity contribution in [3.05, 3.63) is 41.2 Å². The lowest BCUT2D eigenvalue weighted by molar-refractivity contribution is 0.0951. The van der Waals surface area contributed by atoms with Crippen molar-refractivity contribution in [1.29, 1.82) is 0 Å². The molecule has 128 valence electrons. The van der Waals surface area contributed by atoms with Crippen LogP contribution in [0.3, 0.4) is 0 Å². The van der Waals surface area contributed by atoms with Crippen molar-refractivity contribution >= 4 is 29.1 Å². The number of anilines is 2. The Hall–Kier alpha value is -2.34. The average molecular weight is 349 g/mol. The van der Waals surface area contributed by atoms with Crippen molar-refractivity contribution in [2.45, 2.75) is 20.3 Å². The Morgan fingerprint density at radius 1 is 1.29 bits per heavy atom. The molecule has 0 unspecified atom stereocenters. The maximum atomic E-state index is 12.0. The lowest BCUT2D eigenvalue weighted by Gasteiger charge is -2.09. The molecule has 0 spiro atoms. The number of methoxy groups -OCH3 is 1. The molecule has 1 amide bonds. The monoisotopic (exact) mass is 348 g/mol. The van der Waals surface area contributed by atoms with E-state index in [0.29, 0.717) is 34.7 Å². The predicted molar refractivity (Wildman–Crippen MR) is 95.1 cm³/mol. The van der Waals surface area contributed by atoms with E-state index in [-0.39, 0.29) is 5.91 Å². The van der Waals surface area contributed by atoms with E-state index >= 15 is 0 Å². The first-order valence-corrected chi connectivity index (χ1v) is 8.08. The van der Waals surface area contributed by atoms with Crippen molar-refractivity contribution in [1.82, 2.24) is 15.3 Å². The molecule has 0 aliphatic heterocycles. The molecular formula is C17H21ClN4O2. The van der Waals surface area contributed by atoms with E-state index in [9.17, 15) is 4.79 Å². The van der Waals surface area contributed by atoms with Gasteiger partial charge in [0.05, 0.1) is 17.7 Å². The Labute approximate surface area is 146 Å². The Balaban J connectivity index is 1.96. The largest absolute Gasteiger partial charge is 0.495 e. The van der Waals surface area contributed by atoms with E-state index in [0.717, 1.165) is 12.1 Å². The van der Waals surface area contributed by atoms with Gasteiger partial charge in [-0.2, -0.15) is 0 Å². The number of halogens is 1. The first-order valence-electron chi connectivity index (χ1n) is 7.70. The molecule has 0 aliphatic carbocycles. The smallest absolute Gasteiger partial charge is 0.254 e. The molecule has 24 heavy (non-hydrogen) atoms. The zero-order chi connectivity index (χ0) is 17.5. The molecule has 7 heteroatoms. The maximum absolute atomic E-state index is 12.0. The number of amides is 1. The molecule has 1 heterocycles. The zero-order valence-electron chi connectivity index (χ0n) is 14.0. The summed E-state index contributed by atoms with van der Waals surface area (Å²) in [6.07, 6.45) is 3.92. The molecule has 0 saturated heterocycles. The molecule has 0 aliphatic rings. The van der Waals surface area contributed by atoms with Crippen LogP contribution in [0.2, 0.25) is 5.02 Å². The van der Waals surface area contributed by atoms with Gasteiger partial charge in [0.25, 0.3) is 5.91 Å². The average Bonchev–Trinajstić information content (AvgIpc) is 2.55. The third-order valence-corrected chi connectivity index (χ3v) is 3.62. The molecule has 0 atom stereocenters. The van der Waals surface area contributed by atoms with Gasteiger partial charge in [-0.05, 0) is 30.5 Å². The Kier molecular flexibility index (Phi) is 6.37. The summed E-state index contributed by atoms with van der Waals surface area (Å²) < 4.78 is 5.10. The van der Waals surface area contributed by atoms with E-state index < -0.39 is 0 Å². The summed E-state index contributed by atoms with van der Waals surface area (Å²) in [5.74, 6) is 1.35. The summed E-state index contributed by atoms with van der Waals surface area (Å²) >= 11 is 6.07. The van der Waals surface area contributed by atoms with Crippen LogP contribution in [-0.4, -0.2) is 29.5 Å². The maximum Gasteiger partial charge on any atom is 0.254 e. The molecule has 2 aromatic rings. The summed E-state index contributed by atoms with van der Waals surface area (Å²) in [6.45, 7) is 4.86. The number of carbonyl (C=O) groups excluding carboxylic acids is 1. The van der Waals surface area contributed by atoms with Crippen LogP contribution in [0.5, 0.6) is 5.75 Å². The van der Waals surface area contributed by atoms with Gasteiger partial charge < -0.3 is 15.4 Å². The van der Waals surface area contributed by atoms with Gasteiger partial charge >= 0.3 is 0 Å². The number of aromatic nitrogens is 2. The van der Waals surface area contributed by atoms with Crippen LogP contribution in [-0.2, 0) is 0 Å². The standard InChI is InChI=1S/C17H21ClN4O2/c1-11(2)6-7-19-16(23)12-9-20-17(21-10-12)22-13-4-5-15(24-3)14(18)8-13/h4-5,8-11H,6-7H2,1-3H3,(H,19,23)(H,20,21,22). The molecule has 1 aromatic heterocycles. The lowest BCUT2D eigenvalue weighted by atomic mass is 10.1. The highest BCUT2D eigenvalue weighted by Gasteiger charge is 2.08. The molecule has 2 N–H and O–H groups in total. The van der Waals surface area contributed by atoms with Crippen LogP contribution in [0, 0.1) is 5.92 Å². The summed E-state index contributed by atoms with van der Waals surface area (Å²) in [5, 5.41) is 6.36. The van der Waals surface area contributed by atoms with Crippen molar-refractivity contribution in [2.75, 3.05) is 19.0 Å². The van der Waals surface area contributed by atoms with Gasteiger partial charge in [-0.25, -0.2) is 9.97 Å². The number of benzene rings is 1. The Bertz CT molecular complexity index is 689. The topological polar surface area (TPSA) is 76.1 Å². The number of carbonyl (C=O) groups is 1. The molecular weight excluding hydrogens is 328 g/mol. The number of ether oxygens (including phenoxy) is 1. The number of hydrogen-bond donors (Lipinski definition) is 2. The fourth-order valence-corrected chi connectivity index (χ4v) is 2.22. The molecule has 0 radical (unpaired) electrons. The van der Waals surface area contributed by atoms with E-state index in [1.807, 2.05) is 0 Å². The van der Waals surface area contributed by atoms with Crippen molar-refractivity contribution in [2.24, 2.45) is 5.92 Å². The fraction of sp³-hybridized carbons (Fsp3) is 0.353. The minimum atomic E-state index is -0.172. The summed E-state index contributed by atoms with van der Waals surface area (Å²) in [5.41, 5.74) is 1.16. The third kappa shape index (κ3) is 5.09. The van der Waals surface area contributed by atoms with Gasteiger partial charge in [-0.1, -0.05) is 25.4 Å². The molecule has 6 nitrogen and oxygen atoms in total. The van der Waals surface area contributed by atoms with Crippen LogP contribution in [0.4, 0.5) is 11.6 Å². The summed E-state index contributed by atoms with van der Waals surface area (Å²) in [4.78, 5) is 20.3. The molecule has 1 aromatic carbocycles. The normalized spacial score (nSPS) is 10.5. The van der Waals surface area contributed by atoms with Crippen molar-refractivity contribution in [3.8, 4) is 5.75 Å². The highest BCUT2D eigenvalue weighted by atomic mass is 35.5.